The number of hydrogen-bond donors (Lipinski definition) is 2. The van der Waals surface area contributed by atoms with Crippen LogP contribution in [0.4, 0.5) is 5.69 Å². The van der Waals surface area contributed by atoms with E-state index in [1.165, 1.54) is 6.42 Å². The van der Waals surface area contributed by atoms with Gasteiger partial charge in [-0.1, -0.05) is 0 Å². The molecule has 3 N–H and O–H groups in total. The lowest BCUT2D eigenvalue weighted by molar-refractivity contribution is 0.183. The van der Waals surface area contributed by atoms with Crippen molar-refractivity contribution in [1.29, 1.82) is 0 Å². The highest BCUT2D eigenvalue weighted by molar-refractivity contribution is 5.46. The Kier molecular flexibility index (Phi) is 4.74. The van der Waals surface area contributed by atoms with Gasteiger partial charge in [-0.25, -0.2) is 0 Å². The van der Waals surface area contributed by atoms with Crippen LogP contribution in [0.15, 0.2) is 18.5 Å². The summed E-state index contributed by atoms with van der Waals surface area (Å²) in [6, 6.07) is 2.49. The van der Waals surface area contributed by atoms with Crippen molar-refractivity contribution < 1.29 is 0 Å². The summed E-state index contributed by atoms with van der Waals surface area (Å²) in [5, 5.41) is 3.42. The fourth-order valence-corrected chi connectivity index (χ4v) is 2.90. The summed E-state index contributed by atoms with van der Waals surface area (Å²) >= 11 is 0. The quantitative estimate of drug-likeness (QED) is 0.834. The van der Waals surface area contributed by atoms with E-state index in [1.807, 2.05) is 19.3 Å². The Morgan fingerprint density at radius 2 is 2.21 bits per heavy atom. The van der Waals surface area contributed by atoms with E-state index >= 15 is 0 Å². The topological polar surface area (TPSA) is 57.4 Å². The Balaban J connectivity index is 2.27. The molecule has 5 heteroatoms. The number of aromatic nitrogens is 1. The molecule has 0 bridgehead atoms. The van der Waals surface area contributed by atoms with E-state index in [2.05, 4.69) is 34.2 Å². The molecule has 0 aromatic carbocycles. The first-order chi connectivity index (χ1) is 9.13. The van der Waals surface area contributed by atoms with Gasteiger partial charge >= 0.3 is 0 Å². The zero-order valence-corrected chi connectivity index (χ0v) is 12.1. The summed E-state index contributed by atoms with van der Waals surface area (Å²) < 4.78 is 0. The zero-order valence-electron chi connectivity index (χ0n) is 12.1. The Bertz CT molecular complexity index is 409. The second-order valence-corrected chi connectivity index (χ2v) is 5.43. The normalized spacial score (nSPS) is 24.1. The summed E-state index contributed by atoms with van der Waals surface area (Å²) in [6.07, 6.45) is 4.84. The first-order valence-electron chi connectivity index (χ1n) is 6.89. The van der Waals surface area contributed by atoms with Crippen molar-refractivity contribution in [1.82, 2.24) is 20.1 Å². The van der Waals surface area contributed by atoms with Gasteiger partial charge in [0.1, 0.15) is 0 Å². The summed E-state index contributed by atoms with van der Waals surface area (Å²) in [7, 11) is 6.38. The number of rotatable bonds is 3. The summed E-state index contributed by atoms with van der Waals surface area (Å²) in [5.74, 6) is 0. The smallest absolute Gasteiger partial charge is 0.0524 e. The molecule has 106 valence electrons. The molecule has 1 aromatic rings. The molecular formula is C14H25N5. The van der Waals surface area contributed by atoms with Crippen LogP contribution in [0, 0.1) is 0 Å². The van der Waals surface area contributed by atoms with Crippen molar-refractivity contribution in [2.24, 2.45) is 0 Å². The molecule has 2 heterocycles. The van der Waals surface area contributed by atoms with Gasteiger partial charge in [0.25, 0.3) is 0 Å². The Morgan fingerprint density at radius 1 is 1.42 bits per heavy atom. The van der Waals surface area contributed by atoms with Crippen molar-refractivity contribution >= 4 is 5.69 Å². The van der Waals surface area contributed by atoms with Crippen LogP contribution < -0.4 is 11.1 Å². The minimum Gasteiger partial charge on any atom is -0.398 e. The van der Waals surface area contributed by atoms with Crippen LogP contribution in [-0.4, -0.2) is 61.6 Å². The zero-order chi connectivity index (χ0) is 13.8. The van der Waals surface area contributed by atoms with Crippen LogP contribution >= 0.6 is 0 Å². The fraction of sp³-hybridized carbons (Fsp3) is 0.643. The van der Waals surface area contributed by atoms with Gasteiger partial charge in [-0.15, -0.1) is 0 Å². The van der Waals surface area contributed by atoms with Crippen LogP contribution in [0.1, 0.15) is 18.0 Å². The van der Waals surface area contributed by atoms with Crippen molar-refractivity contribution in [3.05, 3.63) is 24.0 Å². The van der Waals surface area contributed by atoms with Gasteiger partial charge in [-0.2, -0.15) is 0 Å². The highest BCUT2D eigenvalue weighted by Gasteiger charge is 2.29. The summed E-state index contributed by atoms with van der Waals surface area (Å²) in [5.41, 5.74) is 8.02. The van der Waals surface area contributed by atoms with Gasteiger partial charge < -0.3 is 20.9 Å². The van der Waals surface area contributed by atoms with Gasteiger partial charge in [-0.3, -0.25) is 4.98 Å². The molecule has 19 heavy (non-hydrogen) atoms. The molecule has 2 rings (SSSR count). The predicted octanol–water partition coefficient (Wildman–Crippen LogP) is 0.560. The molecular weight excluding hydrogens is 238 g/mol. The average molecular weight is 263 g/mol. The molecule has 5 nitrogen and oxygen atoms in total. The third-order valence-corrected chi connectivity index (χ3v) is 4.03. The minimum absolute atomic E-state index is 0.208. The van der Waals surface area contributed by atoms with Crippen molar-refractivity contribution in [2.75, 3.05) is 46.5 Å². The molecule has 1 fully saturated rings. The largest absolute Gasteiger partial charge is 0.398 e. The molecule has 2 atom stereocenters. The molecule has 0 amide bonds. The molecule has 1 saturated heterocycles. The van der Waals surface area contributed by atoms with E-state index in [-0.39, 0.29) is 6.04 Å². The van der Waals surface area contributed by atoms with E-state index < -0.39 is 0 Å². The van der Waals surface area contributed by atoms with Crippen molar-refractivity contribution in [3.8, 4) is 0 Å². The van der Waals surface area contributed by atoms with Gasteiger partial charge in [0.05, 0.1) is 6.04 Å². The van der Waals surface area contributed by atoms with Crippen molar-refractivity contribution in [2.45, 2.75) is 18.5 Å². The first-order valence-corrected chi connectivity index (χ1v) is 6.89. The second kappa shape index (κ2) is 6.32. The number of likely N-dealkylation sites (N-methyl/N-ethyl adjacent to an activating group) is 3. The molecule has 0 saturated carbocycles. The SMILES string of the molecule is CNC(c1cnccc1N)C1CN(C)CCCN1C. The van der Waals surface area contributed by atoms with Gasteiger partial charge in [0.15, 0.2) is 0 Å². The lowest BCUT2D eigenvalue weighted by atomic mass is 9.98. The van der Waals surface area contributed by atoms with Crippen LogP contribution in [0.25, 0.3) is 0 Å². The number of nitrogens with two attached hydrogens (primary N) is 1. The van der Waals surface area contributed by atoms with Crippen molar-refractivity contribution in [3.63, 3.8) is 0 Å². The number of hydrogen-bond acceptors (Lipinski definition) is 5. The summed E-state index contributed by atoms with van der Waals surface area (Å²) in [4.78, 5) is 9.05. The maximum absolute atomic E-state index is 6.11. The molecule has 1 aliphatic rings. The molecule has 2 unspecified atom stereocenters. The molecule has 0 spiro atoms. The first kappa shape index (κ1) is 14.2. The Morgan fingerprint density at radius 3 is 2.89 bits per heavy atom. The highest BCUT2D eigenvalue weighted by Crippen LogP contribution is 2.26. The number of nitrogen functional groups attached to an aromatic ring is 1. The maximum atomic E-state index is 6.11. The van der Waals surface area contributed by atoms with E-state index in [0.717, 1.165) is 30.9 Å². The fourth-order valence-electron chi connectivity index (χ4n) is 2.90. The number of nitrogens with zero attached hydrogens (tertiary/aromatic N) is 3. The van der Waals surface area contributed by atoms with E-state index in [9.17, 15) is 0 Å². The van der Waals surface area contributed by atoms with Crippen LogP contribution in [0.5, 0.6) is 0 Å². The highest BCUT2D eigenvalue weighted by atomic mass is 15.2. The van der Waals surface area contributed by atoms with E-state index in [1.54, 1.807) is 6.20 Å². The predicted molar refractivity (Wildman–Crippen MR) is 79.0 cm³/mol. The minimum atomic E-state index is 0.208. The number of anilines is 1. The number of nitrogens with one attached hydrogen (secondary N) is 1. The Labute approximate surface area is 115 Å². The van der Waals surface area contributed by atoms with Crippen LogP contribution in [0.2, 0.25) is 0 Å². The third-order valence-electron chi connectivity index (χ3n) is 4.03. The van der Waals surface area contributed by atoms with Gasteiger partial charge in [-0.05, 0) is 46.7 Å². The third kappa shape index (κ3) is 3.23. The Hall–Kier alpha value is -1.17. The lowest BCUT2D eigenvalue weighted by Crippen LogP contribution is -2.46. The lowest BCUT2D eigenvalue weighted by Gasteiger charge is -2.35. The monoisotopic (exact) mass is 263 g/mol. The molecule has 1 aliphatic heterocycles. The second-order valence-electron chi connectivity index (χ2n) is 5.43. The molecule has 0 aliphatic carbocycles. The van der Waals surface area contributed by atoms with E-state index in [4.69, 9.17) is 5.73 Å². The maximum Gasteiger partial charge on any atom is 0.0524 e. The van der Waals surface area contributed by atoms with Gasteiger partial charge in [0, 0.05) is 36.2 Å². The van der Waals surface area contributed by atoms with Crippen LogP contribution in [0.3, 0.4) is 0 Å². The number of pyridine rings is 1. The standard InChI is InChI=1S/C14H25N5/c1-16-14(11-9-17-6-5-12(11)15)13-10-18(2)7-4-8-19(13)3/h5-6,9,13-14,16H,4,7-8,10H2,1-3H3,(H2,15,17). The van der Waals surface area contributed by atoms with Crippen LogP contribution in [-0.2, 0) is 0 Å². The summed E-state index contributed by atoms with van der Waals surface area (Å²) in [6.45, 7) is 3.31. The molecule has 0 radical (unpaired) electrons. The average Bonchev–Trinajstić information content (AvgIpc) is 2.55. The molecule has 1 aromatic heterocycles. The van der Waals surface area contributed by atoms with Gasteiger partial charge in [0.2, 0.25) is 0 Å². The van der Waals surface area contributed by atoms with E-state index in [0.29, 0.717) is 6.04 Å².